The minimum atomic E-state index is 0.0257. The SMILES string of the molecule is C/C=C(\C=C/C1=C(C(=O)N2CCc3nc[nH]c3C2)C=NCC1)OC.c1ccc2cnccc2c1. The number of amides is 1. The van der Waals surface area contributed by atoms with Crippen LogP contribution in [0.5, 0.6) is 0 Å². The highest BCUT2D eigenvalue weighted by Gasteiger charge is 2.26. The number of imidazole rings is 1. The molecule has 1 amide bonds. The number of aromatic nitrogens is 3. The molecule has 1 N–H and O–H groups in total. The molecule has 7 nitrogen and oxygen atoms in total. The third kappa shape index (κ3) is 5.49. The molecule has 4 heterocycles. The van der Waals surface area contributed by atoms with Crippen LogP contribution >= 0.6 is 0 Å². The van der Waals surface area contributed by atoms with E-state index in [0.29, 0.717) is 25.2 Å². The second-order valence-corrected chi connectivity index (χ2v) is 7.98. The minimum Gasteiger partial charge on any atom is -0.497 e. The Morgan fingerprint density at radius 1 is 1.18 bits per heavy atom. The number of hydrogen-bond donors (Lipinski definition) is 1. The second-order valence-electron chi connectivity index (χ2n) is 7.98. The van der Waals surface area contributed by atoms with Gasteiger partial charge in [-0.15, -0.1) is 0 Å². The molecule has 1 aromatic carbocycles. The fourth-order valence-corrected chi connectivity index (χ4v) is 3.97. The first-order valence-electron chi connectivity index (χ1n) is 11.4. The number of carbonyl (C=O) groups excluding carboxylic acids is 1. The molecule has 0 unspecified atom stereocenters. The lowest BCUT2D eigenvalue weighted by atomic mass is 10.0. The molecule has 34 heavy (non-hydrogen) atoms. The molecule has 2 aromatic heterocycles. The Balaban J connectivity index is 0.000000226. The van der Waals surface area contributed by atoms with Crippen LogP contribution < -0.4 is 0 Å². The van der Waals surface area contributed by atoms with E-state index in [1.165, 1.54) is 10.8 Å². The van der Waals surface area contributed by atoms with Crippen molar-refractivity contribution in [3.8, 4) is 0 Å². The molecule has 0 saturated heterocycles. The van der Waals surface area contributed by atoms with Gasteiger partial charge in [-0.2, -0.15) is 0 Å². The average molecular weight is 456 g/mol. The van der Waals surface area contributed by atoms with Gasteiger partial charge in [-0.25, -0.2) is 4.98 Å². The zero-order valence-electron chi connectivity index (χ0n) is 19.6. The molecule has 174 valence electrons. The number of rotatable bonds is 4. The van der Waals surface area contributed by atoms with Crippen LogP contribution in [-0.4, -0.2) is 52.2 Å². The van der Waals surface area contributed by atoms with Crippen molar-refractivity contribution in [2.24, 2.45) is 4.99 Å². The van der Waals surface area contributed by atoms with Crippen molar-refractivity contribution in [1.82, 2.24) is 19.9 Å². The molecule has 0 saturated carbocycles. The Morgan fingerprint density at radius 3 is 2.82 bits per heavy atom. The maximum absolute atomic E-state index is 12.9. The van der Waals surface area contributed by atoms with Crippen LogP contribution in [0.2, 0.25) is 0 Å². The van der Waals surface area contributed by atoms with Gasteiger partial charge in [0.2, 0.25) is 0 Å². The molecule has 0 radical (unpaired) electrons. The number of ether oxygens (including phenoxy) is 1. The number of H-pyrrole nitrogens is 1. The largest absolute Gasteiger partial charge is 0.497 e. The normalized spacial score (nSPS) is 15.8. The van der Waals surface area contributed by atoms with E-state index < -0.39 is 0 Å². The summed E-state index contributed by atoms with van der Waals surface area (Å²) in [5.74, 6) is 0.801. The summed E-state index contributed by atoms with van der Waals surface area (Å²) in [4.78, 5) is 30.5. The van der Waals surface area contributed by atoms with Gasteiger partial charge in [-0.3, -0.25) is 14.8 Å². The fraction of sp³-hybridized carbons (Fsp3) is 0.259. The molecule has 7 heteroatoms. The number of hydrogen-bond acceptors (Lipinski definition) is 5. The van der Waals surface area contributed by atoms with Crippen LogP contribution in [0.15, 0.2) is 89.2 Å². The van der Waals surface area contributed by atoms with Crippen molar-refractivity contribution in [2.75, 3.05) is 20.2 Å². The smallest absolute Gasteiger partial charge is 0.256 e. The number of dihydropyridines is 1. The van der Waals surface area contributed by atoms with Gasteiger partial charge in [-0.1, -0.05) is 30.3 Å². The van der Waals surface area contributed by atoms with E-state index in [1.54, 1.807) is 19.7 Å². The molecular weight excluding hydrogens is 426 g/mol. The highest BCUT2D eigenvalue weighted by molar-refractivity contribution is 6.13. The van der Waals surface area contributed by atoms with Crippen LogP contribution in [-0.2, 0) is 22.5 Å². The monoisotopic (exact) mass is 455 g/mol. The van der Waals surface area contributed by atoms with Crippen LogP contribution in [0.25, 0.3) is 10.8 Å². The minimum absolute atomic E-state index is 0.0257. The topological polar surface area (TPSA) is 83.5 Å². The molecule has 2 aliphatic heterocycles. The summed E-state index contributed by atoms with van der Waals surface area (Å²) in [5, 5.41) is 2.45. The van der Waals surface area contributed by atoms with Crippen LogP contribution in [0, 0.1) is 0 Å². The number of fused-ring (bicyclic) bond motifs is 2. The zero-order valence-corrected chi connectivity index (χ0v) is 19.6. The van der Waals surface area contributed by atoms with E-state index in [9.17, 15) is 4.79 Å². The number of methoxy groups -OCH3 is 1. The summed E-state index contributed by atoms with van der Waals surface area (Å²) in [5.41, 5.74) is 3.76. The van der Waals surface area contributed by atoms with Crippen molar-refractivity contribution in [1.29, 1.82) is 0 Å². The predicted octanol–water partition coefficient (Wildman–Crippen LogP) is 4.41. The lowest BCUT2D eigenvalue weighted by Crippen LogP contribution is -2.38. The van der Waals surface area contributed by atoms with Gasteiger partial charge in [0.05, 0.1) is 36.9 Å². The summed E-state index contributed by atoms with van der Waals surface area (Å²) < 4.78 is 5.24. The summed E-state index contributed by atoms with van der Waals surface area (Å²) in [6, 6.07) is 10.2. The number of aliphatic imine (C=N–C) groups is 1. The Labute approximate surface area is 199 Å². The van der Waals surface area contributed by atoms with E-state index in [-0.39, 0.29) is 5.91 Å². The lowest BCUT2D eigenvalue weighted by Gasteiger charge is -2.27. The molecule has 0 aliphatic carbocycles. The van der Waals surface area contributed by atoms with Gasteiger partial charge in [-0.05, 0) is 47.9 Å². The molecule has 5 rings (SSSR count). The van der Waals surface area contributed by atoms with Gasteiger partial charge < -0.3 is 14.6 Å². The maximum Gasteiger partial charge on any atom is 0.256 e. The summed E-state index contributed by atoms with van der Waals surface area (Å²) in [6.45, 7) is 3.88. The summed E-state index contributed by atoms with van der Waals surface area (Å²) in [6.07, 6.45) is 14.4. The van der Waals surface area contributed by atoms with Gasteiger partial charge in [0, 0.05) is 38.1 Å². The maximum atomic E-state index is 12.9. The van der Waals surface area contributed by atoms with Crippen LogP contribution in [0.4, 0.5) is 0 Å². The molecule has 0 spiro atoms. The fourth-order valence-electron chi connectivity index (χ4n) is 3.97. The van der Waals surface area contributed by atoms with Crippen molar-refractivity contribution in [3.63, 3.8) is 0 Å². The van der Waals surface area contributed by atoms with Crippen molar-refractivity contribution in [2.45, 2.75) is 26.3 Å². The molecule has 0 atom stereocenters. The molecule has 0 fully saturated rings. The first-order chi connectivity index (χ1) is 16.7. The number of pyridine rings is 1. The van der Waals surface area contributed by atoms with Crippen molar-refractivity contribution >= 4 is 22.9 Å². The van der Waals surface area contributed by atoms with Crippen molar-refractivity contribution in [3.05, 3.63) is 95.6 Å². The van der Waals surface area contributed by atoms with Crippen LogP contribution in [0.3, 0.4) is 0 Å². The van der Waals surface area contributed by atoms with Gasteiger partial charge >= 0.3 is 0 Å². The summed E-state index contributed by atoms with van der Waals surface area (Å²) >= 11 is 0. The second kappa shape index (κ2) is 11.2. The van der Waals surface area contributed by atoms with Gasteiger partial charge in [0.25, 0.3) is 5.91 Å². The number of benzene rings is 1. The molecule has 0 bridgehead atoms. The third-order valence-corrected chi connectivity index (χ3v) is 5.89. The number of nitrogens with one attached hydrogen (secondary N) is 1. The van der Waals surface area contributed by atoms with E-state index in [2.05, 4.69) is 32.1 Å². The standard InChI is InChI=1S/C18H22N4O2.C9H7N/c1-3-14(24-2)5-4-13-6-8-19-10-15(13)18(23)22-9-7-16-17(11-22)21-12-20-16;1-2-4-9-7-10-6-5-8(9)3-1/h3-5,10,12H,6-9,11H2,1-2H3,(H,20,21);1-7H/b5-4-,14-3+;. The van der Waals surface area contributed by atoms with E-state index in [4.69, 9.17) is 4.74 Å². The number of aromatic amines is 1. The van der Waals surface area contributed by atoms with Crippen molar-refractivity contribution < 1.29 is 9.53 Å². The van der Waals surface area contributed by atoms with Gasteiger partial charge in [0.15, 0.2) is 0 Å². The third-order valence-electron chi connectivity index (χ3n) is 5.89. The highest BCUT2D eigenvalue weighted by atomic mass is 16.5. The predicted molar refractivity (Wildman–Crippen MR) is 134 cm³/mol. The molecular formula is C27H29N5O2. The van der Waals surface area contributed by atoms with Crippen LogP contribution in [0.1, 0.15) is 24.7 Å². The van der Waals surface area contributed by atoms with E-state index in [1.807, 2.05) is 60.6 Å². The first kappa shape index (κ1) is 23.2. The quantitative estimate of drug-likeness (QED) is 0.467. The highest BCUT2D eigenvalue weighted by Crippen LogP contribution is 2.21. The first-order valence-corrected chi connectivity index (χ1v) is 11.4. The Morgan fingerprint density at radius 2 is 2.03 bits per heavy atom. The Bertz CT molecular complexity index is 1200. The zero-order chi connectivity index (χ0) is 23.8. The Hall–Kier alpha value is -4.00. The van der Waals surface area contributed by atoms with Gasteiger partial charge in [0.1, 0.15) is 5.76 Å². The summed E-state index contributed by atoms with van der Waals surface area (Å²) in [7, 11) is 1.64. The number of allylic oxidation sites excluding steroid dienone is 3. The Kier molecular flexibility index (Phi) is 7.65. The average Bonchev–Trinajstić information content (AvgIpc) is 3.38. The number of nitrogens with zero attached hydrogens (tertiary/aromatic N) is 4. The molecule has 2 aliphatic rings. The van der Waals surface area contributed by atoms with E-state index in [0.717, 1.165) is 35.6 Å². The number of carbonyl (C=O) groups is 1. The lowest BCUT2D eigenvalue weighted by molar-refractivity contribution is -0.127. The molecule has 3 aromatic rings. The van der Waals surface area contributed by atoms with E-state index >= 15 is 0 Å².